The van der Waals surface area contributed by atoms with Crippen molar-refractivity contribution < 1.29 is 23.4 Å². The second kappa shape index (κ2) is 6.09. The van der Waals surface area contributed by atoms with Gasteiger partial charge in [-0.15, -0.1) is 0 Å². The summed E-state index contributed by atoms with van der Waals surface area (Å²) in [6, 6.07) is 6.70. The molecule has 0 atom stereocenters. The van der Waals surface area contributed by atoms with E-state index >= 15 is 0 Å². The molecule has 0 saturated carbocycles. The summed E-state index contributed by atoms with van der Waals surface area (Å²) in [4.78, 5) is 11.2. The van der Waals surface area contributed by atoms with E-state index in [1.165, 1.54) is 18.2 Å². The van der Waals surface area contributed by atoms with Gasteiger partial charge in [0.15, 0.2) is 11.6 Å². The molecule has 21 heavy (non-hydrogen) atoms. The van der Waals surface area contributed by atoms with E-state index in [9.17, 15) is 13.6 Å². The Balaban J connectivity index is 2.29. The summed E-state index contributed by atoms with van der Waals surface area (Å²) in [7, 11) is 0. The minimum Gasteiger partial charge on any atom is -0.486 e. The molecule has 0 radical (unpaired) electrons. The van der Waals surface area contributed by atoms with Gasteiger partial charge in [0.05, 0.1) is 5.56 Å². The molecule has 0 aromatic heterocycles. The fraction of sp³-hybridized carbons (Fsp3) is 0.0714. The number of ether oxygens (including phenoxy) is 1. The SMILES string of the molecule is Nc1cccc(COc2cc(Br)cc(F)c2F)c1C(=O)O. The van der Waals surface area contributed by atoms with Gasteiger partial charge < -0.3 is 15.6 Å². The second-order valence-corrected chi connectivity index (χ2v) is 5.09. The zero-order valence-corrected chi connectivity index (χ0v) is 12.2. The maximum absolute atomic E-state index is 13.6. The maximum atomic E-state index is 13.6. The number of anilines is 1. The number of carboxylic acid groups (broad SMARTS) is 1. The van der Waals surface area contributed by atoms with E-state index in [1.54, 1.807) is 6.07 Å². The molecule has 0 bridgehead atoms. The van der Waals surface area contributed by atoms with Crippen molar-refractivity contribution in [2.24, 2.45) is 0 Å². The fourth-order valence-corrected chi connectivity index (χ4v) is 2.20. The van der Waals surface area contributed by atoms with Crippen LogP contribution in [0.1, 0.15) is 15.9 Å². The third kappa shape index (κ3) is 3.30. The van der Waals surface area contributed by atoms with Gasteiger partial charge in [0.25, 0.3) is 0 Å². The lowest BCUT2D eigenvalue weighted by Crippen LogP contribution is -2.09. The molecule has 2 aromatic rings. The smallest absolute Gasteiger partial charge is 0.338 e. The monoisotopic (exact) mass is 357 g/mol. The number of aromatic carboxylic acids is 1. The second-order valence-electron chi connectivity index (χ2n) is 4.17. The average Bonchev–Trinajstić information content (AvgIpc) is 2.40. The van der Waals surface area contributed by atoms with E-state index in [-0.39, 0.29) is 29.2 Å². The van der Waals surface area contributed by atoms with Crippen molar-refractivity contribution in [1.29, 1.82) is 0 Å². The topological polar surface area (TPSA) is 72.5 Å². The molecule has 0 heterocycles. The highest BCUT2D eigenvalue weighted by Crippen LogP contribution is 2.27. The normalized spacial score (nSPS) is 10.4. The highest BCUT2D eigenvalue weighted by Gasteiger charge is 2.16. The average molecular weight is 358 g/mol. The van der Waals surface area contributed by atoms with Crippen molar-refractivity contribution in [1.82, 2.24) is 0 Å². The van der Waals surface area contributed by atoms with Gasteiger partial charge in [-0.3, -0.25) is 0 Å². The van der Waals surface area contributed by atoms with Crippen LogP contribution in [-0.4, -0.2) is 11.1 Å². The van der Waals surface area contributed by atoms with Crippen molar-refractivity contribution in [2.45, 2.75) is 6.61 Å². The number of carboxylic acids is 1. The van der Waals surface area contributed by atoms with Gasteiger partial charge in [-0.05, 0) is 18.2 Å². The number of hydrogen-bond acceptors (Lipinski definition) is 3. The first-order valence-corrected chi connectivity index (χ1v) is 6.57. The molecule has 2 rings (SSSR count). The van der Waals surface area contributed by atoms with E-state index in [4.69, 9.17) is 15.6 Å². The van der Waals surface area contributed by atoms with Crippen LogP contribution < -0.4 is 10.5 Å². The van der Waals surface area contributed by atoms with Crippen molar-refractivity contribution in [3.05, 3.63) is 57.6 Å². The van der Waals surface area contributed by atoms with E-state index in [2.05, 4.69) is 15.9 Å². The van der Waals surface area contributed by atoms with Crippen LogP contribution >= 0.6 is 15.9 Å². The van der Waals surface area contributed by atoms with Crippen LogP contribution in [0.25, 0.3) is 0 Å². The lowest BCUT2D eigenvalue weighted by atomic mass is 10.1. The molecule has 110 valence electrons. The van der Waals surface area contributed by atoms with Gasteiger partial charge in [0.2, 0.25) is 5.82 Å². The third-order valence-electron chi connectivity index (χ3n) is 2.74. The van der Waals surface area contributed by atoms with Crippen LogP contribution in [0.2, 0.25) is 0 Å². The van der Waals surface area contributed by atoms with Crippen LogP contribution in [0, 0.1) is 11.6 Å². The molecule has 0 unspecified atom stereocenters. The highest BCUT2D eigenvalue weighted by atomic mass is 79.9. The number of rotatable bonds is 4. The molecule has 0 aliphatic rings. The van der Waals surface area contributed by atoms with E-state index in [0.717, 1.165) is 6.07 Å². The molecule has 3 N–H and O–H groups in total. The Hall–Kier alpha value is -2.15. The van der Waals surface area contributed by atoms with Crippen LogP contribution in [0.5, 0.6) is 5.75 Å². The van der Waals surface area contributed by atoms with Crippen molar-refractivity contribution >= 4 is 27.6 Å². The van der Waals surface area contributed by atoms with Gasteiger partial charge in [-0.2, -0.15) is 4.39 Å². The molecule has 0 amide bonds. The Bertz CT molecular complexity index is 707. The molecule has 0 aliphatic heterocycles. The van der Waals surface area contributed by atoms with Gasteiger partial charge >= 0.3 is 5.97 Å². The molecule has 0 spiro atoms. The van der Waals surface area contributed by atoms with E-state index in [0.29, 0.717) is 4.47 Å². The molecule has 4 nitrogen and oxygen atoms in total. The summed E-state index contributed by atoms with van der Waals surface area (Å²) < 4.78 is 32.3. The van der Waals surface area contributed by atoms with Gasteiger partial charge in [0, 0.05) is 15.7 Å². The zero-order valence-electron chi connectivity index (χ0n) is 10.6. The van der Waals surface area contributed by atoms with Gasteiger partial charge in [-0.1, -0.05) is 28.1 Å². The standard InChI is InChI=1S/C14H10BrF2NO3/c15-8-4-9(16)13(17)11(5-8)21-6-7-2-1-3-10(18)12(7)14(19)20/h1-5H,6,18H2,(H,19,20). The lowest BCUT2D eigenvalue weighted by molar-refractivity contribution is 0.0695. The van der Waals surface area contributed by atoms with Crippen molar-refractivity contribution in [2.75, 3.05) is 5.73 Å². The Labute approximate surface area is 127 Å². The number of hydrogen-bond donors (Lipinski definition) is 2. The predicted octanol–water partition coefficient (Wildman–Crippen LogP) is 3.59. The number of halogens is 3. The number of benzene rings is 2. The van der Waals surface area contributed by atoms with Crippen LogP contribution in [0.4, 0.5) is 14.5 Å². The van der Waals surface area contributed by atoms with Crippen LogP contribution in [0.15, 0.2) is 34.8 Å². The van der Waals surface area contributed by atoms with Gasteiger partial charge in [-0.25, -0.2) is 9.18 Å². The van der Waals surface area contributed by atoms with Crippen LogP contribution in [-0.2, 0) is 6.61 Å². The van der Waals surface area contributed by atoms with Crippen molar-refractivity contribution in [3.63, 3.8) is 0 Å². The first-order chi connectivity index (χ1) is 9.90. The number of nitrogen functional groups attached to an aromatic ring is 1. The first kappa shape index (κ1) is 15.2. The Morgan fingerprint density at radius 3 is 2.71 bits per heavy atom. The maximum Gasteiger partial charge on any atom is 0.338 e. The van der Waals surface area contributed by atoms with Crippen molar-refractivity contribution in [3.8, 4) is 5.75 Å². The quantitative estimate of drug-likeness (QED) is 0.647. The highest BCUT2D eigenvalue weighted by molar-refractivity contribution is 9.10. The predicted molar refractivity (Wildman–Crippen MR) is 76.2 cm³/mol. The number of carbonyl (C=O) groups is 1. The van der Waals surface area contributed by atoms with E-state index < -0.39 is 17.6 Å². The minimum atomic E-state index is -1.22. The summed E-state index contributed by atoms with van der Waals surface area (Å²) in [5, 5.41) is 9.11. The summed E-state index contributed by atoms with van der Waals surface area (Å²) in [6.07, 6.45) is 0. The Kier molecular flexibility index (Phi) is 4.42. The van der Waals surface area contributed by atoms with Crippen LogP contribution in [0.3, 0.4) is 0 Å². The summed E-state index contributed by atoms with van der Waals surface area (Å²) in [5.74, 6) is -3.74. The number of nitrogens with two attached hydrogens (primary N) is 1. The molecular formula is C14H10BrF2NO3. The zero-order chi connectivity index (χ0) is 15.6. The third-order valence-corrected chi connectivity index (χ3v) is 3.20. The fourth-order valence-electron chi connectivity index (χ4n) is 1.79. The molecule has 0 aliphatic carbocycles. The Morgan fingerprint density at radius 2 is 2.05 bits per heavy atom. The lowest BCUT2D eigenvalue weighted by Gasteiger charge is -2.11. The first-order valence-electron chi connectivity index (χ1n) is 5.78. The summed E-state index contributed by atoms with van der Waals surface area (Å²) in [5.41, 5.74) is 5.81. The largest absolute Gasteiger partial charge is 0.486 e. The minimum absolute atomic E-state index is 0.0736. The molecule has 7 heteroatoms. The summed E-state index contributed by atoms with van der Waals surface area (Å²) in [6.45, 7) is -0.251. The molecule has 0 saturated heterocycles. The Morgan fingerprint density at radius 1 is 1.33 bits per heavy atom. The molecule has 2 aromatic carbocycles. The molecular weight excluding hydrogens is 348 g/mol. The van der Waals surface area contributed by atoms with E-state index in [1.807, 2.05) is 0 Å². The summed E-state index contributed by atoms with van der Waals surface area (Å²) >= 11 is 3.02. The molecule has 0 fully saturated rings. The van der Waals surface area contributed by atoms with Gasteiger partial charge in [0.1, 0.15) is 6.61 Å².